The van der Waals surface area contributed by atoms with Crippen LogP contribution in [0.2, 0.25) is 0 Å². The van der Waals surface area contributed by atoms with Crippen molar-refractivity contribution in [2.24, 2.45) is 0 Å². The van der Waals surface area contributed by atoms with E-state index in [9.17, 15) is 14.9 Å². The number of Topliss-reactive ketones (excluding diaryl/α,β-unsaturated/α-hetero) is 1. The fraction of sp³-hybridized carbons (Fsp3) is 0.0769. The van der Waals surface area contributed by atoms with E-state index in [-0.39, 0.29) is 11.5 Å². The lowest BCUT2D eigenvalue weighted by Crippen LogP contribution is -1.97. The van der Waals surface area contributed by atoms with E-state index >= 15 is 0 Å². The second kappa shape index (κ2) is 4.53. The molecule has 0 aliphatic carbocycles. The smallest absolute Gasteiger partial charge is 0.294 e. The van der Waals surface area contributed by atoms with Gasteiger partial charge < -0.3 is 0 Å². The minimum atomic E-state index is -0.491. The molecule has 0 spiro atoms. The number of fused-ring (bicyclic) bond motifs is 1. The van der Waals surface area contributed by atoms with Gasteiger partial charge in [0, 0.05) is 11.5 Å². The lowest BCUT2D eigenvalue weighted by Gasteiger charge is -1.99. The van der Waals surface area contributed by atoms with Gasteiger partial charge >= 0.3 is 5.69 Å². The number of benzene rings is 1. The van der Waals surface area contributed by atoms with Crippen LogP contribution in [0.5, 0.6) is 0 Å². The third-order valence-electron chi connectivity index (χ3n) is 2.91. The highest BCUT2D eigenvalue weighted by Gasteiger charge is 2.23. The number of carbonyl (C=O) groups is 1. The summed E-state index contributed by atoms with van der Waals surface area (Å²) in [6, 6.07) is 8.73. The number of nitro groups is 1. The molecule has 7 heteroatoms. The van der Waals surface area contributed by atoms with E-state index in [2.05, 4.69) is 5.10 Å². The molecule has 0 N–H and O–H groups in total. The summed E-state index contributed by atoms with van der Waals surface area (Å²) in [5, 5.41) is 16.6. The van der Waals surface area contributed by atoms with Gasteiger partial charge in [-0.2, -0.15) is 5.10 Å². The largest absolute Gasteiger partial charge is 0.306 e. The van der Waals surface area contributed by atoms with Crippen molar-refractivity contribution in [3.8, 4) is 5.00 Å². The second-order valence-corrected chi connectivity index (χ2v) is 5.26. The van der Waals surface area contributed by atoms with Crippen molar-refractivity contribution >= 4 is 33.7 Å². The molecule has 0 aliphatic rings. The van der Waals surface area contributed by atoms with Crippen LogP contribution in [0.1, 0.15) is 16.6 Å². The maximum absolute atomic E-state index is 11.4. The number of carbonyl (C=O) groups excluding carboxylic acids is 1. The monoisotopic (exact) mass is 287 g/mol. The van der Waals surface area contributed by atoms with Gasteiger partial charge in [0.15, 0.2) is 10.8 Å². The van der Waals surface area contributed by atoms with Crippen molar-refractivity contribution in [2.75, 3.05) is 0 Å². The van der Waals surface area contributed by atoms with Gasteiger partial charge in [0.2, 0.25) is 0 Å². The van der Waals surface area contributed by atoms with Gasteiger partial charge in [0.25, 0.3) is 0 Å². The average Bonchev–Trinajstić information content (AvgIpc) is 3.02. The molecule has 0 saturated carbocycles. The van der Waals surface area contributed by atoms with Crippen LogP contribution in [0.4, 0.5) is 5.69 Å². The summed E-state index contributed by atoms with van der Waals surface area (Å²) in [4.78, 5) is 22.4. The number of para-hydroxylation sites is 1. The molecule has 0 amide bonds. The highest BCUT2D eigenvalue weighted by molar-refractivity contribution is 7.17. The highest BCUT2D eigenvalue weighted by atomic mass is 32.1. The summed E-state index contributed by atoms with van der Waals surface area (Å²) in [7, 11) is 0. The quantitative estimate of drug-likeness (QED) is 0.421. The van der Waals surface area contributed by atoms with Crippen molar-refractivity contribution in [1.82, 2.24) is 9.78 Å². The third-order valence-corrected chi connectivity index (χ3v) is 4.11. The van der Waals surface area contributed by atoms with E-state index in [0.717, 1.165) is 22.2 Å². The number of ketones is 1. The Labute approximate surface area is 117 Å². The Bertz CT molecular complexity index is 834. The van der Waals surface area contributed by atoms with E-state index in [0.29, 0.717) is 9.88 Å². The molecule has 3 aromatic rings. The van der Waals surface area contributed by atoms with Crippen molar-refractivity contribution < 1.29 is 9.72 Å². The number of thiophene rings is 1. The van der Waals surface area contributed by atoms with Crippen LogP contribution in [-0.2, 0) is 0 Å². The van der Waals surface area contributed by atoms with Crippen molar-refractivity contribution in [2.45, 2.75) is 6.92 Å². The first-order valence-electron chi connectivity index (χ1n) is 5.80. The molecule has 0 saturated heterocycles. The van der Waals surface area contributed by atoms with Gasteiger partial charge in [-0.15, -0.1) is 11.3 Å². The maximum Gasteiger partial charge on any atom is 0.306 e. The Hall–Kier alpha value is -2.54. The van der Waals surface area contributed by atoms with E-state index in [4.69, 9.17) is 0 Å². The Kier molecular flexibility index (Phi) is 2.83. The van der Waals surface area contributed by atoms with E-state index in [1.54, 1.807) is 6.20 Å². The van der Waals surface area contributed by atoms with Crippen LogP contribution in [0, 0.1) is 10.1 Å². The minimum Gasteiger partial charge on any atom is -0.294 e. The third kappa shape index (κ3) is 1.88. The van der Waals surface area contributed by atoms with Gasteiger partial charge in [-0.1, -0.05) is 18.2 Å². The first-order chi connectivity index (χ1) is 9.58. The molecule has 2 heterocycles. The summed E-state index contributed by atoms with van der Waals surface area (Å²) in [6.07, 6.45) is 1.65. The van der Waals surface area contributed by atoms with Crippen molar-refractivity contribution in [1.29, 1.82) is 0 Å². The fourth-order valence-corrected chi connectivity index (χ4v) is 2.95. The summed E-state index contributed by atoms with van der Waals surface area (Å²) < 4.78 is 1.50. The van der Waals surface area contributed by atoms with Crippen LogP contribution in [0.15, 0.2) is 36.5 Å². The molecule has 1 aromatic carbocycles. The lowest BCUT2D eigenvalue weighted by molar-refractivity contribution is -0.384. The van der Waals surface area contributed by atoms with Gasteiger partial charge in [0.1, 0.15) is 0 Å². The van der Waals surface area contributed by atoms with Crippen LogP contribution in [0.3, 0.4) is 0 Å². The molecule has 0 aliphatic heterocycles. The summed E-state index contributed by atoms with van der Waals surface area (Å²) in [6.45, 7) is 1.39. The Balaban J connectivity index is 2.28. The number of nitrogens with zero attached hydrogens (tertiary/aromatic N) is 3. The first-order valence-corrected chi connectivity index (χ1v) is 6.62. The fourth-order valence-electron chi connectivity index (χ4n) is 1.96. The first kappa shape index (κ1) is 12.5. The Morgan fingerprint density at radius 1 is 1.40 bits per heavy atom. The molecule has 3 rings (SSSR count). The molecular formula is C13H9N3O3S. The molecule has 0 bridgehead atoms. The normalized spacial score (nSPS) is 10.8. The molecule has 0 unspecified atom stereocenters. The number of aromatic nitrogens is 2. The van der Waals surface area contributed by atoms with E-state index in [1.165, 1.54) is 17.7 Å². The Morgan fingerprint density at radius 2 is 2.15 bits per heavy atom. The summed E-state index contributed by atoms with van der Waals surface area (Å²) in [5.74, 6) is -0.194. The van der Waals surface area contributed by atoms with E-state index < -0.39 is 4.92 Å². The molecule has 0 atom stereocenters. The standard InChI is InChI=1S/C13H9N3O3S/c1-8(17)12-6-11(16(18)19)13(20-12)15-10-5-3-2-4-9(10)7-14-15/h2-7H,1H3. The molecule has 100 valence electrons. The molecular weight excluding hydrogens is 278 g/mol. The molecule has 0 radical (unpaired) electrons. The van der Waals surface area contributed by atoms with Crippen LogP contribution < -0.4 is 0 Å². The zero-order valence-corrected chi connectivity index (χ0v) is 11.3. The number of rotatable bonds is 3. The Morgan fingerprint density at radius 3 is 2.85 bits per heavy atom. The lowest BCUT2D eigenvalue weighted by atomic mass is 10.2. The number of hydrogen-bond acceptors (Lipinski definition) is 5. The molecule has 0 fully saturated rings. The molecule has 20 heavy (non-hydrogen) atoms. The predicted octanol–water partition coefficient (Wildman–Crippen LogP) is 3.20. The van der Waals surface area contributed by atoms with Gasteiger partial charge in [-0.3, -0.25) is 14.9 Å². The van der Waals surface area contributed by atoms with Crippen LogP contribution >= 0.6 is 11.3 Å². The highest BCUT2D eigenvalue weighted by Crippen LogP contribution is 2.34. The van der Waals surface area contributed by atoms with Gasteiger partial charge in [0.05, 0.1) is 21.5 Å². The van der Waals surface area contributed by atoms with E-state index in [1.807, 2.05) is 24.3 Å². The zero-order valence-electron chi connectivity index (χ0n) is 10.4. The zero-order chi connectivity index (χ0) is 14.3. The second-order valence-electron chi connectivity index (χ2n) is 4.23. The van der Waals surface area contributed by atoms with Gasteiger partial charge in [-0.05, 0) is 13.0 Å². The van der Waals surface area contributed by atoms with Crippen LogP contribution in [-0.4, -0.2) is 20.5 Å². The SMILES string of the molecule is CC(=O)c1cc([N+](=O)[O-])c(-n2ncc3ccccc32)s1. The molecule has 2 aromatic heterocycles. The summed E-state index contributed by atoms with van der Waals surface area (Å²) >= 11 is 1.08. The molecule has 6 nitrogen and oxygen atoms in total. The number of hydrogen-bond donors (Lipinski definition) is 0. The predicted molar refractivity (Wildman–Crippen MR) is 75.6 cm³/mol. The topological polar surface area (TPSA) is 78.0 Å². The van der Waals surface area contributed by atoms with Gasteiger partial charge in [-0.25, -0.2) is 4.68 Å². The van der Waals surface area contributed by atoms with Crippen molar-refractivity contribution in [3.05, 3.63) is 51.5 Å². The maximum atomic E-state index is 11.4. The van der Waals surface area contributed by atoms with Crippen molar-refractivity contribution in [3.63, 3.8) is 0 Å². The average molecular weight is 287 g/mol. The minimum absolute atomic E-state index is 0.103. The van der Waals surface area contributed by atoms with Crippen LogP contribution in [0.25, 0.3) is 15.9 Å². The summed E-state index contributed by atoms with van der Waals surface area (Å²) in [5.41, 5.74) is 0.668.